The molecule has 3 aromatic rings. The first kappa shape index (κ1) is 21.0. The molecule has 3 rings (SSSR count). The van der Waals surface area contributed by atoms with E-state index in [-0.39, 0.29) is 0 Å². The first-order valence-corrected chi connectivity index (χ1v) is 9.65. The van der Waals surface area contributed by atoms with Gasteiger partial charge in [-0.2, -0.15) is 0 Å². The molecule has 0 amide bonds. The zero-order chi connectivity index (χ0) is 20.8. The van der Waals surface area contributed by atoms with E-state index in [1.54, 1.807) is 26.5 Å². The second-order valence-corrected chi connectivity index (χ2v) is 6.42. The normalized spacial score (nSPS) is 12.3. The van der Waals surface area contributed by atoms with Gasteiger partial charge in [-0.1, -0.05) is 18.2 Å². The molecule has 0 aliphatic rings. The van der Waals surface area contributed by atoms with Crippen molar-refractivity contribution < 1.29 is 24.1 Å². The molecule has 6 nitrogen and oxygen atoms in total. The lowest BCUT2D eigenvalue weighted by atomic mass is 9.93. The van der Waals surface area contributed by atoms with Crippen molar-refractivity contribution in [2.75, 3.05) is 27.4 Å². The lowest BCUT2D eigenvalue weighted by Gasteiger charge is -2.24. The number of para-hydroxylation sites is 1. The number of hydrogen-bond acceptors (Lipinski definition) is 6. The molecule has 0 spiro atoms. The summed E-state index contributed by atoms with van der Waals surface area (Å²) in [6.07, 6.45) is 0.103. The highest BCUT2D eigenvalue weighted by molar-refractivity contribution is 5.82. The SMILES string of the molecule is CCOc1cc(C(OC)OC)c(C(O)c2ccnc3ccccc23)cc1OCC. The van der Waals surface area contributed by atoms with Gasteiger partial charge in [0.25, 0.3) is 0 Å². The molecule has 0 aliphatic heterocycles. The number of pyridine rings is 1. The van der Waals surface area contributed by atoms with Gasteiger partial charge in [-0.15, -0.1) is 0 Å². The van der Waals surface area contributed by atoms with Crippen molar-refractivity contribution in [3.8, 4) is 11.5 Å². The fourth-order valence-corrected chi connectivity index (χ4v) is 3.44. The van der Waals surface area contributed by atoms with Crippen molar-refractivity contribution in [3.63, 3.8) is 0 Å². The number of aromatic nitrogens is 1. The van der Waals surface area contributed by atoms with Crippen LogP contribution in [0, 0.1) is 0 Å². The van der Waals surface area contributed by atoms with Crippen LogP contribution in [0.4, 0.5) is 0 Å². The number of fused-ring (bicyclic) bond motifs is 1. The van der Waals surface area contributed by atoms with Gasteiger partial charge in [0, 0.05) is 31.4 Å². The largest absolute Gasteiger partial charge is 0.490 e. The molecule has 29 heavy (non-hydrogen) atoms. The lowest BCUT2D eigenvalue weighted by molar-refractivity contribution is -0.107. The van der Waals surface area contributed by atoms with E-state index in [0.29, 0.717) is 35.8 Å². The van der Waals surface area contributed by atoms with Crippen LogP contribution in [0.15, 0.2) is 48.7 Å². The Morgan fingerprint density at radius 3 is 2.10 bits per heavy atom. The highest BCUT2D eigenvalue weighted by atomic mass is 16.7. The van der Waals surface area contributed by atoms with Crippen molar-refractivity contribution in [1.29, 1.82) is 0 Å². The van der Waals surface area contributed by atoms with E-state index in [1.807, 2.05) is 50.2 Å². The Labute approximate surface area is 171 Å². The summed E-state index contributed by atoms with van der Waals surface area (Å²) in [4.78, 5) is 4.39. The molecular weight excluding hydrogens is 370 g/mol. The van der Waals surface area contributed by atoms with Gasteiger partial charge in [0.05, 0.1) is 18.7 Å². The summed E-state index contributed by atoms with van der Waals surface area (Å²) in [5, 5.41) is 12.3. The summed E-state index contributed by atoms with van der Waals surface area (Å²) in [7, 11) is 3.12. The van der Waals surface area contributed by atoms with E-state index in [0.717, 1.165) is 16.5 Å². The summed E-state index contributed by atoms with van der Waals surface area (Å²) < 4.78 is 22.5. The number of nitrogens with zero attached hydrogens (tertiary/aromatic N) is 1. The smallest absolute Gasteiger partial charge is 0.183 e. The number of rotatable bonds is 9. The van der Waals surface area contributed by atoms with Crippen LogP contribution in [-0.4, -0.2) is 37.5 Å². The van der Waals surface area contributed by atoms with E-state index >= 15 is 0 Å². The van der Waals surface area contributed by atoms with E-state index in [9.17, 15) is 5.11 Å². The predicted octanol–water partition coefficient (Wildman–Crippen LogP) is 4.41. The van der Waals surface area contributed by atoms with Gasteiger partial charge in [-0.05, 0) is 49.2 Å². The molecule has 0 bridgehead atoms. The number of hydrogen-bond donors (Lipinski definition) is 1. The maximum atomic E-state index is 11.4. The molecule has 6 heteroatoms. The highest BCUT2D eigenvalue weighted by Crippen LogP contribution is 2.40. The Balaban J connectivity index is 2.20. The number of aliphatic hydroxyl groups excluding tert-OH is 1. The van der Waals surface area contributed by atoms with Gasteiger partial charge < -0.3 is 24.1 Å². The average Bonchev–Trinajstić information content (AvgIpc) is 2.75. The summed E-state index contributed by atoms with van der Waals surface area (Å²) in [6.45, 7) is 4.78. The fraction of sp³-hybridized carbons (Fsp3) is 0.348. The zero-order valence-corrected chi connectivity index (χ0v) is 17.2. The zero-order valence-electron chi connectivity index (χ0n) is 17.2. The van der Waals surface area contributed by atoms with E-state index < -0.39 is 12.4 Å². The number of benzene rings is 2. The molecule has 154 valence electrons. The van der Waals surface area contributed by atoms with Crippen molar-refractivity contribution in [1.82, 2.24) is 4.98 Å². The number of ether oxygens (including phenoxy) is 4. The van der Waals surface area contributed by atoms with Crippen LogP contribution in [0.3, 0.4) is 0 Å². The second-order valence-electron chi connectivity index (χ2n) is 6.42. The molecule has 1 N–H and O–H groups in total. The molecule has 2 aromatic carbocycles. The fourth-order valence-electron chi connectivity index (χ4n) is 3.44. The third-order valence-corrected chi connectivity index (χ3v) is 4.70. The van der Waals surface area contributed by atoms with Gasteiger partial charge in [0.15, 0.2) is 17.8 Å². The van der Waals surface area contributed by atoms with Crippen LogP contribution >= 0.6 is 0 Å². The van der Waals surface area contributed by atoms with Gasteiger partial charge in [0.2, 0.25) is 0 Å². The Bertz CT molecular complexity index is 950. The molecule has 1 unspecified atom stereocenters. The molecule has 0 radical (unpaired) electrons. The van der Waals surface area contributed by atoms with Crippen molar-refractivity contribution >= 4 is 10.9 Å². The van der Waals surface area contributed by atoms with Crippen LogP contribution in [-0.2, 0) is 9.47 Å². The van der Waals surface area contributed by atoms with Crippen LogP contribution in [0.1, 0.15) is 42.9 Å². The monoisotopic (exact) mass is 397 g/mol. The number of aliphatic hydroxyl groups is 1. The van der Waals surface area contributed by atoms with Crippen LogP contribution in [0.25, 0.3) is 10.9 Å². The Morgan fingerprint density at radius 1 is 0.862 bits per heavy atom. The molecular formula is C23H27NO5. The minimum Gasteiger partial charge on any atom is -0.490 e. The van der Waals surface area contributed by atoms with Crippen LogP contribution in [0.2, 0.25) is 0 Å². The maximum Gasteiger partial charge on any atom is 0.183 e. The third-order valence-electron chi connectivity index (χ3n) is 4.70. The Morgan fingerprint density at radius 2 is 1.48 bits per heavy atom. The summed E-state index contributed by atoms with van der Waals surface area (Å²) in [5.74, 6) is 1.15. The molecule has 1 heterocycles. The number of methoxy groups -OCH3 is 2. The summed E-state index contributed by atoms with van der Waals surface area (Å²) >= 11 is 0. The Hall–Kier alpha value is -2.67. The maximum absolute atomic E-state index is 11.4. The minimum absolute atomic E-state index is 0.477. The van der Waals surface area contributed by atoms with Gasteiger partial charge in [-0.25, -0.2) is 0 Å². The molecule has 1 aromatic heterocycles. The standard InChI is InChI=1S/C23H27NO5/c1-5-28-20-13-17(18(23(26-3)27-4)14-21(20)29-6-2)22(25)16-11-12-24-19-10-8-7-9-15(16)19/h7-14,22-23,25H,5-6H2,1-4H3. The third kappa shape index (κ3) is 4.34. The molecule has 0 aliphatic carbocycles. The quantitative estimate of drug-likeness (QED) is 0.540. The van der Waals surface area contributed by atoms with Crippen molar-refractivity contribution in [2.24, 2.45) is 0 Å². The highest BCUT2D eigenvalue weighted by Gasteiger charge is 2.25. The van der Waals surface area contributed by atoms with Gasteiger partial charge in [0.1, 0.15) is 6.10 Å². The molecule has 0 fully saturated rings. The Kier molecular flexibility index (Phi) is 7.04. The van der Waals surface area contributed by atoms with Gasteiger partial charge >= 0.3 is 0 Å². The summed E-state index contributed by atoms with van der Waals surface area (Å²) in [6, 6.07) is 13.2. The van der Waals surface area contributed by atoms with E-state index in [4.69, 9.17) is 18.9 Å². The lowest BCUT2D eigenvalue weighted by Crippen LogP contribution is -2.13. The molecule has 0 saturated heterocycles. The molecule has 1 atom stereocenters. The second kappa shape index (κ2) is 9.69. The topological polar surface area (TPSA) is 70.0 Å². The predicted molar refractivity (Wildman–Crippen MR) is 111 cm³/mol. The van der Waals surface area contributed by atoms with Crippen LogP contribution in [0.5, 0.6) is 11.5 Å². The molecule has 0 saturated carbocycles. The van der Waals surface area contributed by atoms with Crippen LogP contribution < -0.4 is 9.47 Å². The average molecular weight is 397 g/mol. The van der Waals surface area contributed by atoms with Crippen molar-refractivity contribution in [3.05, 3.63) is 65.4 Å². The van der Waals surface area contributed by atoms with Crippen molar-refractivity contribution in [2.45, 2.75) is 26.2 Å². The van der Waals surface area contributed by atoms with Gasteiger partial charge in [-0.3, -0.25) is 4.98 Å². The minimum atomic E-state index is -0.930. The van der Waals surface area contributed by atoms with E-state index in [2.05, 4.69) is 4.98 Å². The first-order valence-electron chi connectivity index (χ1n) is 9.65. The first-order chi connectivity index (χ1) is 14.1. The summed E-state index contributed by atoms with van der Waals surface area (Å²) in [5.41, 5.74) is 2.86. The van der Waals surface area contributed by atoms with E-state index in [1.165, 1.54) is 0 Å².